The third kappa shape index (κ3) is 3.02. The number of carbonyl (C=O) groups is 1. The Hall–Kier alpha value is -2.92. The van der Waals surface area contributed by atoms with Gasteiger partial charge in [-0.05, 0) is 29.7 Å². The molecule has 4 nitrogen and oxygen atoms in total. The second kappa shape index (κ2) is 7.14. The average molecular weight is 362 g/mol. The van der Waals surface area contributed by atoms with Crippen molar-refractivity contribution in [1.82, 2.24) is 9.38 Å². The van der Waals surface area contributed by atoms with Crippen LogP contribution >= 0.6 is 11.3 Å². The molecule has 0 aliphatic heterocycles. The number of thiazole rings is 1. The summed E-state index contributed by atoms with van der Waals surface area (Å²) in [7, 11) is 0. The molecule has 130 valence electrons. The van der Waals surface area contributed by atoms with Crippen molar-refractivity contribution in [1.29, 1.82) is 0 Å². The van der Waals surface area contributed by atoms with Gasteiger partial charge in [-0.25, -0.2) is 4.98 Å². The average Bonchev–Trinajstić information content (AvgIpc) is 3.28. The standard InChI is InChI=1S/C21H18N2O2S/c1-2-15-8-9-19(25-14-16-6-4-3-5-7-16)17(12-15)20-18(13-24)23-10-11-26-21(23)22-20/h3-13H,2,14H2,1H3. The van der Waals surface area contributed by atoms with Gasteiger partial charge in [0.1, 0.15) is 23.7 Å². The van der Waals surface area contributed by atoms with E-state index in [-0.39, 0.29) is 0 Å². The summed E-state index contributed by atoms with van der Waals surface area (Å²) in [6, 6.07) is 16.1. The molecule has 26 heavy (non-hydrogen) atoms. The molecule has 0 saturated heterocycles. The Bertz CT molecular complexity index is 1050. The number of rotatable bonds is 6. The molecule has 0 N–H and O–H groups in total. The molecule has 4 aromatic rings. The van der Waals surface area contributed by atoms with Crippen molar-refractivity contribution >= 4 is 22.6 Å². The van der Waals surface area contributed by atoms with Gasteiger partial charge in [0.05, 0.1) is 0 Å². The number of aryl methyl sites for hydroxylation is 1. The van der Waals surface area contributed by atoms with E-state index >= 15 is 0 Å². The Morgan fingerprint density at radius 2 is 2.00 bits per heavy atom. The van der Waals surface area contributed by atoms with Gasteiger partial charge in [-0.3, -0.25) is 9.20 Å². The van der Waals surface area contributed by atoms with E-state index in [1.807, 2.05) is 52.4 Å². The van der Waals surface area contributed by atoms with Crippen LogP contribution in [0.2, 0.25) is 0 Å². The van der Waals surface area contributed by atoms with Crippen molar-refractivity contribution < 1.29 is 9.53 Å². The number of benzene rings is 2. The Balaban J connectivity index is 1.77. The van der Waals surface area contributed by atoms with Crippen LogP contribution in [0.3, 0.4) is 0 Å². The minimum Gasteiger partial charge on any atom is -0.488 e. The molecule has 0 spiro atoms. The molecule has 4 rings (SSSR count). The quantitative estimate of drug-likeness (QED) is 0.453. The molecule has 2 aromatic carbocycles. The molecule has 0 atom stereocenters. The van der Waals surface area contributed by atoms with E-state index in [1.54, 1.807) is 0 Å². The number of carbonyl (C=O) groups excluding carboxylic acids is 1. The molecule has 0 aliphatic rings. The first-order valence-corrected chi connectivity index (χ1v) is 9.39. The Morgan fingerprint density at radius 3 is 2.77 bits per heavy atom. The van der Waals surface area contributed by atoms with Gasteiger partial charge in [-0.2, -0.15) is 0 Å². The van der Waals surface area contributed by atoms with E-state index in [1.165, 1.54) is 16.9 Å². The maximum Gasteiger partial charge on any atom is 0.194 e. The molecule has 0 saturated carbocycles. The molecule has 2 aromatic heterocycles. The molecular formula is C21H18N2O2S. The molecule has 0 unspecified atom stereocenters. The van der Waals surface area contributed by atoms with Crippen molar-refractivity contribution in [3.8, 4) is 17.0 Å². The Morgan fingerprint density at radius 1 is 1.15 bits per heavy atom. The van der Waals surface area contributed by atoms with E-state index in [0.29, 0.717) is 18.0 Å². The lowest BCUT2D eigenvalue weighted by molar-refractivity contribution is 0.111. The van der Waals surface area contributed by atoms with Crippen LogP contribution < -0.4 is 4.74 Å². The third-order valence-electron chi connectivity index (χ3n) is 4.36. The number of imidazole rings is 1. The van der Waals surface area contributed by atoms with Crippen LogP contribution in [0.15, 0.2) is 60.1 Å². The first kappa shape index (κ1) is 16.5. The van der Waals surface area contributed by atoms with E-state index in [9.17, 15) is 4.79 Å². The topological polar surface area (TPSA) is 43.6 Å². The largest absolute Gasteiger partial charge is 0.488 e. The SMILES string of the molecule is CCc1ccc(OCc2ccccc2)c(-c2nc3sccn3c2C=O)c1. The molecule has 0 aliphatic carbocycles. The van der Waals surface area contributed by atoms with Crippen LogP contribution in [0, 0.1) is 0 Å². The normalized spacial score (nSPS) is 11.0. The molecule has 0 radical (unpaired) electrons. The summed E-state index contributed by atoms with van der Waals surface area (Å²) in [5, 5.41) is 1.92. The van der Waals surface area contributed by atoms with Gasteiger partial charge in [-0.1, -0.05) is 43.3 Å². The zero-order valence-corrected chi connectivity index (χ0v) is 15.2. The summed E-state index contributed by atoms with van der Waals surface area (Å²) in [5.74, 6) is 0.736. The van der Waals surface area contributed by atoms with E-state index < -0.39 is 0 Å². The van der Waals surface area contributed by atoms with Crippen LogP contribution in [0.25, 0.3) is 16.2 Å². The molecular weight excluding hydrogens is 344 g/mol. The number of nitrogens with zero attached hydrogens (tertiary/aromatic N) is 2. The maximum atomic E-state index is 11.7. The second-order valence-corrected chi connectivity index (χ2v) is 6.85. The van der Waals surface area contributed by atoms with Crippen molar-refractivity contribution in [2.75, 3.05) is 0 Å². The monoisotopic (exact) mass is 362 g/mol. The molecule has 0 fully saturated rings. The first-order chi connectivity index (χ1) is 12.8. The number of fused-ring (bicyclic) bond motifs is 1. The fourth-order valence-electron chi connectivity index (χ4n) is 2.96. The number of ether oxygens (including phenoxy) is 1. The van der Waals surface area contributed by atoms with Crippen molar-refractivity contribution in [2.24, 2.45) is 0 Å². The van der Waals surface area contributed by atoms with Crippen LogP contribution in [0.4, 0.5) is 0 Å². The highest BCUT2D eigenvalue weighted by Crippen LogP contribution is 2.34. The van der Waals surface area contributed by atoms with Gasteiger partial charge in [0.25, 0.3) is 0 Å². The highest BCUT2D eigenvalue weighted by molar-refractivity contribution is 7.15. The number of hydrogen-bond donors (Lipinski definition) is 0. The zero-order chi connectivity index (χ0) is 17.9. The predicted molar refractivity (Wildman–Crippen MR) is 104 cm³/mol. The third-order valence-corrected chi connectivity index (χ3v) is 5.11. The maximum absolute atomic E-state index is 11.7. The number of hydrogen-bond acceptors (Lipinski definition) is 4. The summed E-state index contributed by atoms with van der Waals surface area (Å²) < 4.78 is 7.91. The smallest absolute Gasteiger partial charge is 0.194 e. The van der Waals surface area contributed by atoms with Crippen molar-refractivity contribution in [3.05, 3.63) is 76.9 Å². The Labute approximate surface area is 155 Å². The lowest BCUT2D eigenvalue weighted by atomic mass is 10.0. The summed E-state index contributed by atoms with van der Waals surface area (Å²) in [6.45, 7) is 2.58. The van der Waals surface area contributed by atoms with Gasteiger partial charge < -0.3 is 4.74 Å². The summed E-state index contributed by atoms with van der Waals surface area (Å²) in [5.41, 5.74) is 4.36. The molecule has 2 heterocycles. The molecule has 0 amide bonds. The van der Waals surface area contributed by atoms with Crippen LogP contribution in [-0.2, 0) is 13.0 Å². The van der Waals surface area contributed by atoms with Gasteiger partial charge in [0.2, 0.25) is 0 Å². The predicted octanol–water partition coefficient (Wildman–Crippen LogP) is 5.02. The van der Waals surface area contributed by atoms with Crippen LogP contribution in [0.1, 0.15) is 28.5 Å². The number of aldehydes is 1. The van der Waals surface area contributed by atoms with E-state index in [2.05, 4.69) is 24.0 Å². The highest BCUT2D eigenvalue weighted by atomic mass is 32.1. The lowest BCUT2D eigenvalue weighted by Crippen LogP contribution is -1.99. The van der Waals surface area contributed by atoms with Crippen LogP contribution in [0.5, 0.6) is 5.75 Å². The van der Waals surface area contributed by atoms with Crippen LogP contribution in [-0.4, -0.2) is 15.7 Å². The van der Waals surface area contributed by atoms with Crippen molar-refractivity contribution in [3.63, 3.8) is 0 Å². The fourth-order valence-corrected chi connectivity index (χ4v) is 3.68. The summed E-state index contributed by atoms with van der Waals surface area (Å²) >= 11 is 1.51. The second-order valence-electron chi connectivity index (χ2n) is 5.98. The zero-order valence-electron chi connectivity index (χ0n) is 14.4. The Kier molecular flexibility index (Phi) is 4.54. The van der Waals surface area contributed by atoms with Gasteiger partial charge in [-0.15, -0.1) is 11.3 Å². The number of aromatic nitrogens is 2. The van der Waals surface area contributed by atoms with Gasteiger partial charge in [0, 0.05) is 17.1 Å². The van der Waals surface area contributed by atoms with E-state index in [4.69, 9.17) is 4.74 Å². The minimum absolute atomic E-state index is 0.470. The van der Waals surface area contributed by atoms with Crippen molar-refractivity contribution in [2.45, 2.75) is 20.0 Å². The lowest BCUT2D eigenvalue weighted by Gasteiger charge is -2.12. The molecule has 5 heteroatoms. The summed E-state index contributed by atoms with van der Waals surface area (Å²) in [4.78, 5) is 17.2. The van der Waals surface area contributed by atoms with Gasteiger partial charge >= 0.3 is 0 Å². The minimum atomic E-state index is 0.470. The fraction of sp³-hybridized carbons (Fsp3) is 0.143. The van der Waals surface area contributed by atoms with Gasteiger partial charge in [0.15, 0.2) is 11.2 Å². The van der Waals surface area contributed by atoms with E-state index in [0.717, 1.165) is 34.5 Å². The summed E-state index contributed by atoms with van der Waals surface area (Å²) in [6.07, 6.45) is 3.64. The highest BCUT2D eigenvalue weighted by Gasteiger charge is 2.18. The first-order valence-electron chi connectivity index (χ1n) is 8.51. The molecule has 0 bridgehead atoms.